The number of hydrogen-bond donors (Lipinski definition) is 1. The van der Waals surface area contributed by atoms with Crippen LogP contribution in [0.2, 0.25) is 0 Å². The molecule has 5 heteroatoms. The Morgan fingerprint density at radius 3 is 2.42 bits per heavy atom. The van der Waals surface area contributed by atoms with Gasteiger partial charge in [-0.15, -0.1) is 0 Å². The summed E-state index contributed by atoms with van der Waals surface area (Å²) in [5, 5.41) is 10.7. The standard InChI is InChI=1S/C19H22BrNO2.BrH/c1-23-19-15-17(7-8-18(19)22)6-5-16-9-13-21(14-10-16)12-4-2-3-11-20;/h5-10,13-15H,2-4,11-12H2,1H3;1H. The molecular formula is C19H23Br2NO2. The number of halogens is 2. The zero-order valence-corrected chi connectivity index (χ0v) is 17.0. The van der Waals surface area contributed by atoms with E-state index in [1.165, 1.54) is 19.3 Å². The number of methoxy groups -OCH3 is 1. The maximum Gasteiger partial charge on any atom is 0.169 e. The Bertz CT molecular complexity index is 642. The summed E-state index contributed by atoms with van der Waals surface area (Å²) in [6.45, 7) is 1.06. The van der Waals surface area contributed by atoms with Gasteiger partial charge in [-0.25, -0.2) is 4.57 Å². The molecule has 0 aliphatic rings. The molecule has 0 saturated carbocycles. The number of aromatic nitrogens is 1. The second kappa shape index (κ2) is 11.3. The molecule has 0 spiro atoms. The monoisotopic (exact) mass is 455 g/mol. The second-order valence-electron chi connectivity index (χ2n) is 5.38. The third kappa shape index (κ3) is 6.65. The molecule has 0 unspecified atom stereocenters. The molecule has 1 aromatic heterocycles. The molecule has 0 amide bonds. The number of aromatic hydroxyl groups is 1. The van der Waals surface area contributed by atoms with Crippen molar-refractivity contribution >= 4 is 28.1 Å². The number of unbranched alkanes of at least 4 members (excludes halogenated alkanes) is 2. The number of ether oxygens (including phenoxy) is 1. The highest BCUT2D eigenvalue weighted by molar-refractivity contribution is 9.09. The minimum Gasteiger partial charge on any atom is -1.00 e. The zero-order valence-electron chi connectivity index (χ0n) is 13.8. The number of benzene rings is 1. The Hall–Kier alpha value is -1.33. The summed E-state index contributed by atoms with van der Waals surface area (Å²) < 4.78 is 7.34. The lowest BCUT2D eigenvalue weighted by atomic mass is 10.1. The van der Waals surface area contributed by atoms with Crippen LogP contribution in [0.25, 0.3) is 12.2 Å². The smallest absolute Gasteiger partial charge is 0.169 e. The van der Waals surface area contributed by atoms with E-state index in [4.69, 9.17) is 4.74 Å². The minimum absolute atomic E-state index is 0. The molecule has 0 fully saturated rings. The second-order valence-corrected chi connectivity index (χ2v) is 6.18. The van der Waals surface area contributed by atoms with E-state index < -0.39 is 0 Å². The maximum atomic E-state index is 9.60. The maximum absolute atomic E-state index is 9.60. The molecule has 0 atom stereocenters. The Balaban J connectivity index is 0.00000288. The van der Waals surface area contributed by atoms with E-state index in [-0.39, 0.29) is 22.7 Å². The van der Waals surface area contributed by atoms with Crippen molar-refractivity contribution in [1.29, 1.82) is 0 Å². The number of phenols is 1. The van der Waals surface area contributed by atoms with E-state index >= 15 is 0 Å². The van der Waals surface area contributed by atoms with Crippen LogP contribution >= 0.6 is 15.9 Å². The van der Waals surface area contributed by atoms with Crippen molar-refractivity contribution < 1.29 is 31.4 Å². The number of rotatable bonds is 8. The van der Waals surface area contributed by atoms with Gasteiger partial charge in [0.25, 0.3) is 0 Å². The van der Waals surface area contributed by atoms with Gasteiger partial charge in [-0.1, -0.05) is 34.1 Å². The third-order valence-electron chi connectivity index (χ3n) is 3.64. The van der Waals surface area contributed by atoms with Crippen LogP contribution in [0.1, 0.15) is 30.4 Å². The highest BCUT2D eigenvalue weighted by Gasteiger charge is 2.01. The quantitative estimate of drug-likeness (QED) is 0.370. The highest BCUT2D eigenvalue weighted by atomic mass is 79.9. The Morgan fingerprint density at radius 1 is 1.04 bits per heavy atom. The number of pyridine rings is 1. The van der Waals surface area contributed by atoms with E-state index in [0.717, 1.165) is 23.0 Å². The molecule has 2 rings (SSSR count). The third-order valence-corrected chi connectivity index (χ3v) is 4.20. The van der Waals surface area contributed by atoms with E-state index in [0.29, 0.717) is 5.75 Å². The molecule has 0 aliphatic carbocycles. The van der Waals surface area contributed by atoms with Gasteiger partial charge in [-0.05, 0) is 36.1 Å². The zero-order chi connectivity index (χ0) is 16.5. The minimum atomic E-state index is 0. The highest BCUT2D eigenvalue weighted by Crippen LogP contribution is 2.26. The molecule has 0 radical (unpaired) electrons. The number of phenolic OH excluding ortho intramolecular Hbond substituents is 1. The van der Waals surface area contributed by atoms with Crippen molar-refractivity contribution in [2.75, 3.05) is 12.4 Å². The first-order valence-electron chi connectivity index (χ1n) is 7.83. The van der Waals surface area contributed by atoms with Gasteiger partial charge in [0.2, 0.25) is 0 Å². The molecule has 3 nitrogen and oxygen atoms in total. The average molecular weight is 457 g/mol. The van der Waals surface area contributed by atoms with Gasteiger partial charge >= 0.3 is 0 Å². The lowest BCUT2D eigenvalue weighted by molar-refractivity contribution is -0.697. The van der Waals surface area contributed by atoms with Gasteiger partial charge in [0.05, 0.1) is 7.11 Å². The number of hydrogen-bond acceptors (Lipinski definition) is 2. The molecule has 2 aromatic rings. The molecule has 1 heterocycles. The van der Waals surface area contributed by atoms with Crippen LogP contribution in [-0.4, -0.2) is 17.5 Å². The van der Waals surface area contributed by atoms with E-state index in [1.807, 2.05) is 18.2 Å². The van der Waals surface area contributed by atoms with Crippen LogP contribution in [0.15, 0.2) is 42.7 Å². The van der Waals surface area contributed by atoms with Crippen molar-refractivity contribution in [2.24, 2.45) is 0 Å². The average Bonchev–Trinajstić information content (AvgIpc) is 2.59. The van der Waals surface area contributed by atoms with Gasteiger partial charge in [-0.3, -0.25) is 0 Å². The summed E-state index contributed by atoms with van der Waals surface area (Å²) in [5.41, 5.74) is 2.14. The summed E-state index contributed by atoms with van der Waals surface area (Å²) in [5.74, 6) is 0.645. The number of alkyl halides is 1. The van der Waals surface area contributed by atoms with Crippen LogP contribution in [0.4, 0.5) is 0 Å². The van der Waals surface area contributed by atoms with Crippen molar-refractivity contribution in [3.63, 3.8) is 0 Å². The first-order valence-corrected chi connectivity index (χ1v) is 8.95. The summed E-state index contributed by atoms with van der Waals surface area (Å²) in [4.78, 5) is 0. The van der Waals surface area contributed by atoms with Crippen molar-refractivity contribution in [3.8, 4) is 11.5 Å². The van der Waals surface area contributed by atoms with Gasteiger partial charge in [0.1, 0.15) is 6.54 Å². The molecule has 1 aromatic carbocycles. The first-order chi connectivity index (χ1) is 11.2. The summed E-state index contributed by atoms with van der Waals surface area (Å²) in [7, 11) is 1.55. The first kappa shape index (κ1) is 20.7. The molecule has 1 N–H and O–H groups in total. The van der Waals surface area contributed by atoms with Crippen LogP contribution in [0, 0.1) is 0 Å². The van der Waals surface area contributed by atoms with Crippen LogP contribution < -0.4 is 26.3 Å². The van der Waals surface area contributed by atoms with Crippen LogP contribution in [0.5, 0.6) is 11.5 Å². The van der Waals surface area contributed by atoms with Crippen LogP contribution in [0.3, 0.4) is 0 Å². The SMILES string of the molecule is COc1cc(/C=C/c2cc[n+](CCCCCBr)cc2)ccc1O.[Br-]. The molecule has 0 saturated heterocycles. The lowest BCUT2D eigenvalue weighted by Gasteiger charge is -2.03. The molecule has 0 aliphatic heterocycles. The van der Waals surface area contributed by atoms with E-state index in [1.54, 1.807) is 13.2 Å². The summed E-state index contributed by atoms with van der Waals surface area (Å²) >= 11 is 3.46. The predicted octanol–water partition coefficient (Wildman–Crippen LogP) is 1.43. The number of aryl methyl sites for hydroxylation is 1. The van der Waals surface area contributed by atoms with Crippen molar-refractivity contribution in [1.82, 2.24) is 0 Å². The van der Waals surface area contributed by atoms with E-state index in [9.17, 15) is 5.11 Å². The largest absolute Gasteiger partial charge is 1.00 e. The fourth-order valence-electron chi connectivity index (χ4n) is 2.29. The predicted molar refractivity (Wildman–Crippen MR) is 97.9 cm³/mol. The molecule has 0 bridgehead atoms. The Morgan fingerprint density at radius 2 is 1.75 bits per heavy atom. The topological polar surface area (TPSA) is 33.3 Å². The lowest BCUT2D eigenvalue weighted by Crippen LogP contribution is -3.00. The van der Waals surface area contributed by atoms with Gasteiger partial charge in [0.15, 0.2) is 23.9 Å². The van der Waals surface area contributed by atoms with Gasteiger partial charge in [0, 0.05) is 23.9 Å². The molecular weight excluding hydrogens is 434 g/mol. The van der Waals surface area contributed by atoms with Gasteiger partial charge < -0.3 is 26.8 Å². The van der Waals surface area contributed by atoms with Gasteiger partial charge in [-0.2, -0.15) is 0 Å². The van der Waals surface area contributed by atoms with E-state index in [2.05, 4.69) is 51.1 Å². The van der Waals surface area contributed by atoms with Crippen LogP contribution in [-0.2, 0) is 6.54 Å². The molecule has 24 heavy (non-hydrogen) atoms. The fraction of sp³-hybridized carbons (Fsp3) is 0.316. The molecule has 130 valence electrons. The van der Waals surface area contributed by atoms with Crippen molar-refractivity contribution in [3.05, 3.63) is 53.9 Å². The fourth-order valence-corrected chi connectivity index (χ4v) is 2.68. The Kier molecular flexibility index (Phi) is 9.72. The van der Waals surface area contributed by atoms with Crippen molar-refractivity contribution in [2.45, 2.75) is 25.8 Å². The normalized spacial score (nSPS) is 10.6. The number of nitrogens with zero attached hydrogens (tertiary/aromatic N) is 1. The summed E-state index contributed by atoms with van der Waals surface area (Å²) in [6, 6.07) is 9.54. The Labute approximate surface area is 162 Å². The summed E-state index contributed by atoms with van der Waals surface area (Å²) in [6.07, 6.45) is 12.0.